The lowest BCUT2D eigenvalue weighted by atomic mass is 10.2. The van der Waals surface area contributed by atoms with E-state index in [0.717, 1.165) is 0 Å². The van der Waals surface area contributed by atoms with Gasteiger partial charge in [0.25, 0.3) is 0 Å². The third kappa shape index (κ3) is 3.62. The number of methoxy groups -OCH3 is 1. The maximum absolute atomic E-state index is 11.4. The number of rotatable bonds is 4. The van der Waals surface area contributed by atoms with E-state index < -0.39 is 11.0 Å². The normalized spacial score (nSPS) is 10.0. The fourth-order valence-corrected chi connectivity index (χ4v) is 1.34. The SMILES string of the molecule is COc1ccc(NC(=O)NC(C)C)cc1[N+](=O)[O-]. The van der Waals surface area contributed by atoms with Crippen LogP contribution in [0, 0.1) is 10.1 Å². The van der Waals surface area contributed by atoms with E-state index >= 15 is 0 Å². The molecule has 0 spiro atoms. The van der Waals surface area contributed by atoms with Crippen LogP contribution in [0.3, 0.4) is 0 Å². The molecule has 0 atom stereocenters. The number of urea groups is 1. The van der Waals surface area contributed by atoms with E-state index in [-0.39, 0.29) is 17.5 Å². The van der Waals surface area contributed by atoms with Gasteiger partial charge in [-0.05, 0) is 26.0 Å². The van der Waals surface area contributed by atoms with Crippen molar-refractivity contribution in [3.05, 3.63) is 28.3 Å². The molecule has 0 bridgehead atoms. The monoisotopic (exact) mass is 253 g/mol. The number of carbonyl (C=O) groups excluding carboxylic acids is 1. The summed E-state index contributed by atoms with van der Waals surface area (Å²) in [5.41, 5.74) is 0.139. The molecule has 1 rings (SSSR count). The molecule has 0 fully saturated rings. The lowest BCUT2D eigenvalue weighted by Crippen LogP contribution is -2.34. The summed E-state index contributed by atoms with van der Waals surface area (Å²) in [6.07, 6.45) is 0. The molecule has 98 valence electrons. The van der Waals surface area contributed by atoms with Crippen molar-refractivity contribution in [2.75, 3.05) is 12.4 Å². The maximum Gasteiger partial charge on any atom is 0.319 e. The molecule has 18 heavy (non-hydrogen) atoms. The molecule has 0 unspecified atom stereocenters. The zero-order valence-corrected chi connectivity index (χ0v) is 10.4. The molecule has 0 aromatic heterocycles. The summed E-state index contributed by atoms with van der Waals surface area (Å²) in [5.74, 6) is 0.148. The summed E-state index contributed by atoms with van der Waals surface area (Å²) >= 11 is 0. The Kier molecular flexibility index (Phi) is 4.47. The fraction of sp³-hybridized carbons (Fsp3) is 0.364. The number of nitrogens with one attached hydrogen (secondary N) is 2. The van der Waals surface area contributed by atoms with Crippen LogP contribution in [0.2, 0.25) is 0 Å². The number of nitrogens with zero attached hydrogens (tertiary/aromatic N) is 1. The number of anilines is 1. The zero-order chi connectivity index (χ0) is 13.7. The number of amides is 2. The number of carbonyl (C=O) groups is 1. The van der Waals surface area contributed by atoms with Gasteiger partial charge in [-0.3, -0.25) is 10.1 Å². The Labute approximate surface area is 104 Å². The van der Waals surface area contributed by atoms with Crippen molar-refractivity contribution < 1.29 is 14.5 Å². The molecule has 0 saturated heterocycles. The molecule has 1 aromatic carbocycles. The molecule has 7 nitrogen and oxygen atoms in total. The highest BCUT2D eigenvalue weighted by Crippen LogP contribution is 2.29. The van der Waals surface area contributed by atoms with Crippen molar-refractivity contribution in [1.29, 1.82) is 0 Å². The van der Waals surface area contributed by atoms with Crippen molar-refractivity contribution >= 4 is 17.4 Å². The van der Waals surface area contributed by atoms with Gasteiger partial charge < -0.3 is 15.4 Å². The molecular weight excluding hydrogens is 238 g/mol. The largest absolute Gasteiger partial charge is 0.490 e. The van der Waals surface area contributed by atoms with E-state index in [1.165, 1.54) is 25.3 Å². The van der Waals surface area contributed by atoms with Gasteiger partial charge in [-0.2, -0.15) is 0 Å². The minimum Gasteiger partial charge on any atom is -0.490 e. The Morgan fingerprint density at radius 1 is 1.44 bits per heavy atom. The van der Waals surface area contributed by atoms with Crippen molar-refractivity contribution in [2.24, 2.45) is 0 Å². The third-order valence-corrected chi connectivity index (χ3v) is 2.05. The third-order valence-electron chi connectivity index (χ3n) is 2.05. The second-order valence-electron chi connectivity index (χ2n) is 3.90. The minimum atomic E-state index is -0.565. The summed E-state index contributed by atoms with van der Waals surface area (Å²) in [5, 5.41) is 15.9. The number of nitro groups is 1. The van der Waals surface area contributed by atoms with E-state index in [1.54, 1.807) is 0 Å². The second-order valence-corrected chi connectivity index (χ2v) is 3.90. The predicted molar refractivity (Wildman–Crippen MR) is 66.9 cm³/mol. The average Bonchev–Trinajstić information content (AvgIpc) is 2.27. The highest BCUT2D eigenvalue weighted by molar-refractivity contribution is 5.90. The number of nitro benzene ring substituents is 1. The van der Waals surface area contributed by atoms with Gasteiger partial charge in [-0.1, -0.05) is 0 Å². The molecule has 0 aliphatic carbocycles. The Morgan fingerprint density at radius 2 is 2.11 bits per heavy atom. The van der Waals surface area contributed by atoms with Crippen LogP contribution >= 0.6 is 0 Å². The molecule has 0 aliphatic rings. The fourth-order valence-electron chi connectivity index (χ4n) is 1.34. The topological polar surface area (TPSA) is 93.5 Å². The first-order valence-electron chi connectivity index (χ1n) is 5.34. The summed E-state index contributed by atoms with van der Waals surface area (Å²) in [6.45, 7) is 3.63. The number of hydrogen-bond donors (Lipinski definition) is 2. The number of ether oxygens (including phenoxy) is 1. The summed E-state index contributed by atoms with van der Waals surface area (Å²) in [4.78, 5) is 21.7. The molecule has 7 heteroatoms. The van der Waals surface area contributed by atoms with Crippen LogP contribution in [0.1, 0.15) is 13.8 Å². The average molecular weight is 253 g/mol. The summed E-state index contributed by atoms with van der Waals surface area (Å²) in [6, 6.07) is 3.79. The number of hydrogen-bond acceptors (Lipinski definition) is 4. The van der Waals surface area contributed by atoms with E-state index in [4.69, 9.17) is 4.74 Å². The minimum absolute atomic E-state index is 0.0155. The second kappa shape index (κ2) is 5.85. The molecule has 0 heterocycles. The highest BCUT2D eigenvalue weighted by atomic mass is 16.6. The van der Waals surface area contributed by atoms with Gasteiger partial charge in [0.15, 0.2) is 5.75 Å². The standard InChI is InChI=1S/C11H15N3O4/c1-7(2)12-11(15)13-8-4-5-10(18-3)9(6-8)14(16)17/h4-7H,1-3H3,(H2,12,13,15). The number of benzene rings is 1. The predicted octanol–water partition coefficient (Wildman–Crippen LogP) is 2.13. The highest BCUT2D eigenvalue weighted by Gasteiger charge is 2.16. The van der Waals surface area contributed by atoms with Crippen LogP contribution in [-0.2, 0) is 0 Å². The molecule has 2 amide bonds. The smallest absolute Gasteiger partial charge is 0.319 e. The zero-order valence-electron chi connectivity index (χ0n) is 10.4. The Balaban J connectivity index is 2.88. The molecular formula is C11H15N3O4. The van der Waals surface area contributed by atoms with Crippen LogP contribution in [0.4, 0.5) is 16.2 Å². The molecule has 2 N–H and O–H groups in total. The van der Waals surface area contributed by atoms with E-state index in [0.29, 0.717) is 5.69 Å². The van der Waals surface area contributed by atoms with Crippen LogP contribution in [-0.4, -0.2) is 24.1 Å². The van der Waals surface area contributed by atoms with Gasteiger partial charge in [-0.15, -0.1) is 0 Å². The van der Waals surface area contributed by atoms with Crippen molar-refractivity contribution in [2.45, 2.75) is 19.9 Å². The van der Waals surface area contributed by atoms with Gasteiger partial charge in [0.2, 0.25) is 0 Å². The first-order valence-corrected chi connectivity index (χ1v) is 5.34. The quantitative estimate of drug-likeness (QED) is 0.635. The van der Waals surface area contributed by atoms with E-state index in [2.05, 4.69) is 10.6 Å². The first-order chi connectivity index (χ1) is 8.43. The summed E-state index contributed by atoms with van der Waals surface area (Å²) in [7, 11) is 1.35. The Hall–Kier alpha value is -2.31. The molecule has 0 aliphatic heterocycles. The molecule has 1 aromatic rings. The first kappa shape index (κ1) is 13.8. The van der Waals surface area contributed by atoms with E-state index in [1.807, 2.05) is 13.8 Å². The van der Waals surface area contributed by atoms with Gasteiger partial charge >= 0.3 is 11.7 Å². The van der Waals surface area contributed by atoms with Crippen molar-refractivity contribution in [1.82, 2.24) is 5.32 Å². The van der Waals surface area contributed by atoms with Crippen molar-refractivity contribution in [3.8, 4) is 5.75 Å². The van der Waals surface area contributed by atoms with Crippen LogP contribution in [0.5, 0.6) is 5.75 Å². The Bertz CT molecular complexity index is 460. The summed E-state index contributed by atoms with van der Waals surface area (Å²) < 4.78 is 4.86. The Morgan fingerprint density at radius 3 is 2.61 bits per heavy atom. The molecule has 0 radical (unpaired) electrons. The molecule has 0 saturated carbocycles. The van der Waals surface area contributed by atoms with Crippen molar-refractivity contribution in [3.63, 3.8) is 0 Å². The van der Waals surface area contributed by atoms with Crippen LogP contribution < -0.4 is 15.4 Å². The lowest BCUT2D eigenvalue weighted by Gasteiger charge is -2.10. The van der Waals surface area contributed by atoms with Crippen LogP contribution in [0.25, 0.3) is 0 Å². The van der Waals surface area contributed by atoms with Gasteiger partial charge in [0.1, 0.15) is 0 Å². The van der Waals surface area contributed by atoms with Gasteiger partial charge in [0.05, 0.1) is 12.0 Å². The van der Waals surface area contributed by atoms with Gasteiger partial charge in [0, 0.05) is 17.8 Å². The lowest BCUT2D eigenvalue weighted by molar-refractivity contribution is -0.385. The maximum atomic E-state index is 11.4. The van der Waals surface area contributed by atoms with Crippen LogP contribution in [0.15, 0.2) is 18.2 Å². The van der Waals surface area contributed by atoms with E-state index in [9.17, 15) is 14.9 Å². The van der Waals surface area contributed by atoms with Gasteiger partial charge in [-0.25, -0.2) is 4.79 Å².